The molecule has 10 nitrogen and oxygen atoms in total. The van der Waals surface area contributed by atoms with Gasteiger partial charge in [-0.2, -0.15) is 9.97 Å². The standard InChI is InChI=1S/C31H33N9OS/c1-38-15-17-39(18-16-38)24-10-8-22(9-11-24)34-29-27-28(33-13-12-32-27)36-31(37-29)40-14-4-6-23(20-40)35-30(41)26-19-21-5-2-3-7-25(21)42-26/h2-3,5,7-13,19,23H,4,6,14-18,20H2,1H3,(H,35,41)(H,33,34,36,37)/t23-/m1/s1. The molecule has 2 saturated heterocycles. The summed E-state index contributed by atoms with van der Waals surface area (Å²) in [7, 11) is 2.17. The fraction of sp³-hybridized carbons (Fsp3) is 0.323. The van der Waals surface area contributed by atoms with Crippen molar-refractivity contribution in [2.24, 2.45) is 0 Å². The lowest BCUT2D eigenvalue weighted by atomic mass is 10.1. The molecule has 5 heterocycles. The number of thiophene rings is 1. The summed E-state index contributed by atoms with van der Waals surface area (Å²) in [4.78, 5) is 39.5. The molecule has 0 bridgehead atoms. The third-order valence-electron chi connectivity index (χ3n) is 8.01. The highest BCUT2D eigenvalue weighted by atomic mass is 32.1. The molecule has 3 aromatic heterocycles. The van der Waals surface area contributed by atoms with Crippen molar-refractivity contribution < 1.29 is 4.79 Å². The third kappa shape index (κ3) is 5.57. The molecule has 214 valence electrons. The molecule has 42 heavy (non-hydrogen) atoms. The second-order valence-electron chi connectivity index (χ2n) is 11.0. The maximum atomic E-state index is 13.1. The number of carbonyl (C=O) groups excluding carboxylic acids is 1. The van der Waals surface area contributed by atoms with E-state index in [1.165, 1.54) is 17.0 Å². The van der Waals surface area contributed by atoms with Crippen LogP contribution in [0.4, 0.5) is 23.1 Å². The zero-order chi connectivity index (χ0) is 28.5. The molecule has 0 radical (unpaired) electrons. The summed E-state index contributed by atoms with van der Waals surface area (Å²) in [5, 5.41) is 7.81. The zero-order valence-electron chi connectivity index (χ0n) is 23.5. The van der Waals surface area contributed by atoms with Crippen LogP contribution in [0, 0.1) is 0 Å². The van der Waals surface area contributed by atoms with Crippen molar-refractivity contribution in [1.29, 1.82) is 0 Å². The predicted molar refractivity (Wildman–Crippen MR) is 169 cm³/mol. The molecule has 2 fully saturated rings. The highest BCUT2D eigenvalue weighted by Crippen LogP contribution is 2.28. The Kier molecular flexibility index (Phi) is 7.27. The van der Waals surface area contributed by atoms with Gasteiger partial charge in [-0.25, -0.2) is 9.97 Å². The average Bonchev–Trinajstić information content (AvgIpc) is 3.47. The van der Waals surface area contributed by atoms with Crippen LogP contribution in [0.2, 0.25) is 0 Å². The van der Waals surface area contributed by atoms with Crippen LogP contribution in [0.3, 0.4) is 0 Å². The molecule has 11 heteroatoms. The number of rotatable bonds is 6. The van der Waals surface area contributed by atoms with Crippen LogP contribution < -0.4 is 20.4 Å². The zero-order valence-corrected chi connectivity index (χ0v) is 24.3. The van der Waals surface area contributed by atoms with Gasteiger partial charge in [-0.1, -0.05) is 18.2 Å². The normalized spacial score (nSPS) is 18.0. The van der Waals surface area contributed by atoms with Gasteiger partial charge in [0.1, 0.15) is 0 Å². The van der Waals surface area contributed by atoms with Crippen molar-refractivity contribution in [3.05, 3.63) is 71.9 Å². The quantitative estimate of drug-likeness (QED) is 0.300. The van der Waals surface area contributed by atoms with Crippen LogP contribution in [-0.2, 0) is 0 Å². The van der Waals surface area contributed by atoms with Gasteiger partial charge in [0.15, 0.2) is 17.0 Å². The number of piperazine rings is 1. The third-order valence-corrected chi connectivity index (χ3v) is 9.12. The van der Waals surface area contributed by atoms with Gasteiger partial charge in [0.25, 0.3) is 5.91 Å². The number of nitrogens with zero attached hydrogens (tertiary/aromatic N) is 7. The highest BCUT2D eigenvalue weighted by molar-refractivity contribution is 7.20. The first-order valence-corrected chi connectivity index (χ1v) is 15.2. The topological polar surface area (TPSA) is 102 Å². The van der Waals surface area contributed by atoms with Gasteiger partial charge in [-0.15, -0.1) is 11.3 Å². The number of aromatic nitrogens is 4. The van der Waals surface area contributed by atoms with Crippen molar-refractivity contribution >= 4 is 61.6 Å². The maximum Gasteiger partial charge on any atom is 0.261 e. The summed E-state index contributed by atoms with van der Waals surface area (Å²) in [6.07, 6.45) is 5.15. The van der Waals surface area contributed by atoms with E-state index >= 15 is 0 Å². The van der Waals surface area contributed by atoms with Crippen LogP contribution >= 0.6 is 11.3 Å². The Morgan fingerprint density at radius 1 is 0.929 bits per heavy atom. The fourth-order valence-electron chi connectivity index (χ4n) is 5.66. The molecule has 2 aromatic carbocycles. The van der Waals surface area contributed by atoms with Crippen LogP contribution in [0.15, 0.2) is 67.0 Å². The van der Waals surface area contributed by atoms with Gasteiger partial charge in [-0.3, -0.25) is 4.79 Å². The number of carbonyl (C=O) groups is 1. The van der Waals surface area contributed by atoms with Gasteiger partial charge < -0.3 is 25.3 Å². The molecule has 0 spiro atoms. The summed E-state index contributed by atoms with van der Waals surface area (Å²) in [5.74, 6) is 1.17. The predicted octanol–water partition coefficient (Wildman–Crippen LogP) is 4.53. The molecule has 0 unspecified atom stereocenters. The number of anilines is 4. The molecule has 2 N–H and O–H groups in total. The Morgan fingerprint density at radius 3 is 2.57 bits per heavy atom. The summed E-state index contributed by atoms with van der Waals surface area (Å²) in [6, 6.07) is 18.5. The van der Waals surface area contributed by atoms with E-state index in [2.05, 4.69) is 66.6 Å². The summed E-state index contributed by atoms with van der Waals surface area (Å²) in [6.45, 7) is 5.63. The van der Waals surface area contributed by atoms with E-state index in [0.717, 1.165) is 66.2 Å². The minimum absolute atomic E-state index is 0.00357. The van der Waals surface area contributed by atoms with E-state index in [1.54, 1.807) is 12.4 Å². The lowest BCUT2D eigenvalue weighted by molar-refractivity contribution is 0.0937. The van der Waals surface area contributed by atoms with Crippen molar-refractivity contribution in [3.63, 3.8) is 0 Å². The van der Waals surface area contributed by atoms with E-state index < -0.39 is 0 Å². The first-order valence-electron chi connectivity index (χ1n) is 14.4. The Bertz CT molecular complexity index is 1680. The van der Waals surface area contributed by atoms with Crippen LogP contribution in [0.25, 0.3) is 21.3 Å². The molecule has 0 saturated carbocycles. The molecular weight excluding hydrogens is 546 g/mol. The van der Waals surface area contributed by atoms with E-state index in [9.17, 15) is 4.79 Å². The summed E-state index contributed by atoms with van der Waals surface area (Å²) < 4.78 is 1.12. The number of amides is 1. The second-order valence-corrected chi connectivity index (χ2v) is 12.1. The number of likely N-dealkylation sites (N-methyl/N-ethyl adjacent to an activating group) is 1. The fourth-order valence-corrected chi connectivity index (χ4v) is 6.63. The molecular formula is C31H33N9OS. The molecule has 1 amide bonds. The number of piperidine rings is 1. The minimum atomic E-state index is -0.0317. The largest absolute Gasteiger partial charge is 0.369 e. The number of nitrogens with one attached hydrogen (secondary N) is 2. The molecule has 7 rings (SSSR count). The average molecular weight is 580 g/mol. The van der Waals surface area contributed by atoms with Gasteiger partial charge in [0, 0.05) is 73.8 Å². The first kappa shape index (κ1) is 26.5. The number of fused-ring (bicyclic) bond motifs is 2. The number of hydrogen-bond donors (Lipinski definition) is 2. The lowest BCUT2D eigenvalue weighted by Gasteiger charge is -2.34. The van der Waals surface area contributed by atoms with Gasteiger partial charge >= 0.3 is 0 Å². The van der Waals surface area contributed by atoms with E-state index in [-0.39, 0.29) is 11.9 Å². The van der Waals surface area contributed by atoms with E-state index in [1.807, 2.05) is 30.3 Å². The maximum absolute atomic E-state index is 13.1. The van der Waals surface area contributed by atoms with Gasteiger partial charge in [-0.05, 0) is 61.7 Å². The van der Waals surface area contributed by atoms with Crippen molar-refractivity contribution in [3.8, 4) is 0 Å². The van der Waals surface area contributed by atoms with Crippen LogP contribution in [-0.4, -0.2) is 83.1 Å². The van der Waals surface area contributed by atoms with E-state index in [4.69, 9.17) is 9.97 Å². The van der Waals surface area contributed by atoms with Gasteiger partial charge in [0.2, 0.25) is 5.95 Å². The molecule has 2 aliphatic rings. The highest BCUT2D eigenvalue weighted by Gasteiger charge is 2.25. The molecule has 2 aliphatic heterocycles. The second kappa shape index (κ2) is 11.5. The monoisotopic (exact) mass is 579 g/mol. The molecule has 0 aliphatic carbocycles. The molecule has 1 atom stereocenters. The SMILES string of the molecule is CN1CCN(c2ccc(Nc3nc(N4CCC[C@@H](NC(=O)c5cc6ccccc6s5)C4)nc4nccnc34)cc2)CC1. The van der Waals surface area contributed by atoms with Crippen LogP contribution in [0.1, 0.15) is 22.5 Å². The Labute approximate surface area is 248 Å². The van der Waals surface area contributed by atoms with E-state index in [0.29, 0.717) is 29.5 Å². The van der Waals surface area contributed by atoms with Crippen molar-refractivity contribution in [2.45, 2.75) is 18.9 Å². The number of hydrogen-bond acceptors (Lipinski definition) is 10. The van der Waals surface area contributed by atoms with Crippen molar-refractivity contribution in [2.75, 3.05) is 61.4 Å². The smallest absolute Gasteiger partial charge is 0.261 e. The summed E-state index contributed by atoms with van der Waals surface area (Å²) >= 11 is 1.53. The van der Waals surface area contributed by atoms with Crippen LogP contribution in [0.5, 0.6) is 0 Å². The Morgan fingerprint density at radius 2 is 1.74 bits per heavy atom. The Hall–Kier alpha value is -4.35. The van der Waals surface area contributed by atoms with Gasteiger partial charge in [0.05, 0.1) is 4.88 Å². The first-order chi connectivity index (χ1) is 20.6. The number of benzene rings is 2. The van der Waals surface area contributed by atoms with Crippen molar-refractivity contribution in [1.82, 2.24) is 30.2 Å². The Balaban J connectivity index is 1.08. The molecule has 5 aromatic rings. The minimum Gasteiger partial charge on any atom is -0.369 e. The lowest BCUT2D eigenvalue weighted by Crippen LogP contribution is -2.48. The summed E-state index contributed by atoms with van der Waals surface area (Å²) in [5.41, 5.74) is 3.31.